The second kappa shape index (κ2) is 11.4. The van der Waals surface area contributed by atoms with Crippen molar-refractivity contribution < 1.29 is 14.2 Å². The van der Waals surface area contributed by atoms with Crippen LogP contribution in [0.2, 0.25) is 0 Å². The number of rotatable bonds is 7. The number of nitrogens with zero attached hydrogens (tertiary/aromatic N) is 2. The summed E-state index contributed by atoms with van der Waals surface area (Å²) in [7, 11) is 3.57. The smallest absolute Gasteiger partial charge is 0.193 e. The summed E-state index contributed by atoms with van der Waals surface area (Å²) in [6.07, 6.45) is 6.33. The van der Waals surface area contributed by atoms with Crippen molar-refractivity contribution in [2.24, 2.45) is 4.99 Å². The number of hydrogen-bond acceptors (Lipinski definition) is 4. The van der Waals surface area contributed by atoms with Gasteiger partial charge in [0.15, 0.2) is 5.96 Å². The second-order valence-corrected chi connectivity index (χ2v) is 7.66. The molecule has 0 bridgehead atoms. The molecule has 0 radical (unpaired) electrons. The van der Waals surface area contributed by atoms with E-state index in [1.54, 1.807) is 7.11 Å². The number of guanidine groups is 1. The summed E-state index contributed by atoms with van der Waals surface area (Å²) in [5, 5.41) is 3.49. The first-order chi connectivity index (χ1) is 13.8. The molecule has 2 fully saturated rings. The maximum absolute atomic E-state index is 6.12. The van der Waals surface area contributed by atoms with Gasteiger partial charge in [0.1, 0.15) is 0 Å². The highest BCUT2D eigenvalue weighted by Crippen LogP contribution is 2.18. The van der Waals surface area contributed by atoms with Crippen LogP contribution in [0, 0.1) is 0 Å². The zero-order valence-corrected chi connectivity index (χ0v) is 17.4. The fraction of sp³-hybridized carbons (Fsp3) is 0.682. The third-order valence-corrected chi connectivity index (χ3v) is 5.53. The summed E-state index contributed by atoms with van der Waals surface area (Å²) in [5.41, 5.74) is 2.43. The topological polar surface area (TPSA) is 55.3 Å². The Morgan fingerprint density at radius 2 is 1.89 bits per heavy atom. The van der Waals surface area contributed by atoms with Crippen LogP contribution in [0.4, 0.5) is 0 Å². The van der Waals surface area contributed by atoms with Gasteiger partial charge >= 0.3 is 0 Å². The molecular formula is C22H35N3O3. The Hall–Kier alpha value is -1.63. The molecule has 0 aliphatic carbocycles. The normalized spacial score (nSPS) is 21.7. The van der Waals surface area contributed by atoms with Crippen LogP contribution in [-0.4, -0.2) is 63.5 Å². The summed E-state index contributed by atoms with van der Waals surface area (Å²) in [6.45, 7) is 5.01. The van der Waals surface area contributed by atoms with E-state index in [-0.39, 0.29) is 0 Å². The first-order valence-corrected chi connectivity index (χ1v) is 10.5. The summed E-state index contributed by atoms with van der Waals surface area (Å²) >= 11 is 0. The minimum Gasteiger partial charge on any atom is -0.380 e. The van der Waals surface area contributed by atoms with E-state index in [0.717, 1.165) is 58.1 Å². The molecule has 2 aliphatic heterocycles. The molecule has 1 N–H and O–H groups in total. The Kier molecular flexibility index (Phi) is 8.58. The lowest BCUT2D eigenvalue weighted by Gasteiger charge is -2.35. The standard InChI is InChI=1S/C22H35N3O3/c1-23-22(24-15-18-6-8-19(9-7-18)16-26-2)25-12-10-20(11-13-25)28-17-21-5-3-4-14-27-21/h6-9,20-21H,3-5,10-17H2,1-2H3,(H,23,24). The number of ether oxygens (including phenoxy) is 3. The average Bonchev–Trinajstić information content (AvgIpc) is 2.75. The molecule has 0 saturated carbocycles. The first-order valence-electron chi connectivity index (χ1n) is 10.5. The van der Waals surface area contributed by atoms with Gasteiger partial charge in [-0.15, -0.1) is 0 Å². The van der Waals surface area contributed by atoms with Gasteiger partial charge in [0.05, 0.1) is 25.4 Å². The van der Waals surface area contributed by atoms with Gasteiger partial charge in [0.25, 0.3) is 0 Å². The van der Waals surface area contributed by atoms with Crippen molar-refractivity contribution in [1.82, 2.24) is 10.2 Å². The Bertz CT molecular complexity index is 592. The average molecular weight is 390 g/mol. The number of aliphatic imine (C=N–C) groups is 1. The fourth-order valence-corrected chi connectivity index (χ4v) is 3.85. The number of nitrogens with one attached hydrogen (secondary N) is 1. The van der Waals surface area contributed by atoms with Gasteiger partial charge in [0, 0.05) is 40.4 Å². The molecule has 28 heavy (non-hydrogen) atoms. The van der Waals surface area contributed by atoms with E-state index >= 15 is 0 Å². The monoisotopic (exact) mass is 389 g/mol. The number of hydrogen-bond donors (Lipinski definition) is 1. The third-order valence-electron chi connectivity index (χ3n) is 5.53. The molecule has 0 amide bonds. The fourth-order valence-electron chi connectivity index (χ4n) is 3.85. The van der Waals surface area contributed by atoms with Gasteiger partial charge in [-0.05, 0) is 43.2 Å². The Morgan fingerprint density at radius 1 is 1.14 bits per heavy atom. The van der Waals surface area contributed by atoms with Crippen LogP contribution >= 0.6 is 0 Å². The van der Waals surface area contributed by atoms with Crippen LogP contribution in [0.15, 0.2) is 29.3 Å². The first kappa shape index (κ1) is 21.1. The predicted molar refractivity (Wildman–Crippen MR) is 111 cm³/mol. The maximum Gasteiger partial charge on any atom is 0.193 e. The molecule has 1 aromatic rings. The van der Waals surface area contributed by atoms with E-state index in [1.165, 1.54) is 24.0 Å². The van der Waals surface area contributed by atoms with Gasteiger partial charge in [-0.3, -0.25) is 4.99 Å². The predicted octanol–water partition coefficient (Wildman–Crippen LogP) is 2.96. The van der Waals surface area contributed by atoms with Crippen LogP contribution < -0.4 is 5.32 Å². The zero-order valence-electron chi connectivity index (χ0n) is 17.4. The van der Waals surface area contributed by atoms with Gasteiger partial charge in [-0.25, -0.2) is 0 Å². The second-order valence-electron chi connectivity index (χ2n) is 7.66. The zero-order chi connectivity index (χ0) is 19.6. The molecule has 2 aliphatic rings. The van der Waals surface area contributed by atoms with E-state index in [9.17, 15) is 0 Å². The van der Waals surface area contributed by atoms with Gasteiger partial charge < -0.3 is 24.4 Å². The molecule has 6 heteroatoms. The quantitative estimate of drug-likeness (QED) is 0.574. The summed E-state index contributed by atoms with van der Waals surface area (Å²) < 4.78 is 17.1. The van der Waals surface area contributed by atoms with Crippen LogP contribution in [0.3, 0.4) is 0 Å². The highest BCUT2D eigenvalue weighted by molar-refractivity contribution is 5.79. The van der Waals surface area contributed by atoms with Crippen molar-refractivity contribution in [1.29, 1.82) is 0 Å². The number of benzene rings is 1. The van der Waals surface area contributed by atoms with Crippen LogP contribution in [-0.2, 0) is 27.4 Å². The van der Waals surface area contributed by atoms with Crippen molar-refractivity contribution in [3.63, 3.8) is 0 Å². The highest BCUT2D eigenvalue weighted by Gasteiger charge is 2.23. The minimum atomic E-state index is 0.302. The van der Waals surface area contributed by atoms with E-state index in [1.807, 2.05) is 7.05 Å². The molecule has 1 unspecified atom stereocenters. The lowest BCUT2D eigenvalue weighted by Crippen LogP contribution is -2.47. The molecule has 6 nitrogen and oxygen atoms in total. The third kappa shape index (κ3) is 6.47. The van der Waals surface area contributed by atoms with Crippen molar-refractivity contribution in [2.45, 2.75) is 57.5 Å². The SMILES string of the molecule is CN=C(NCc1ccc(COC)cc1)N1CCC(OCC2CCCCO2)CC1. The van der Waals surface area contributed by atoms with Crippen molar-refractivity contribution >= 4 is 5.96 Å². The number of piperidine rings is 1. The van der Waals surface area contributed by atoms with Crippen molar-refractivity contribution in [3.05, 3.63) is 35.4 Å². The molecule has 0 spiro atoms. The van der Waals surface area contributed by atoms with E-state index in [0.29, 0.717) is 18.8 Å². The van der Waals surface area contributed by atoms with Gasteiger partial charge in [0.2, 0.25) is 0 Å². The Morgan fingerprint density at radius 3 is 2.54 bits per heavy atom. The number of likely N-dealkylation sites (tertiary alicyclic amines) is 1. The lowest BCUT2D eigenvalue weighted by molar-refractivity contribution is -0.0721. The maximum atomic E-state index is 6.12. The van der Waals surface area contributed by atoms with Gasteiger partial charge in [-0.2, -0.15) is 0 Å². The molecule has 156 valence electrons. The molecule has 1 atom stereocenters. The molecular weight excluding hydrogens is 354 g/mol. The molecule has 3 rings (SSSR count). The van der Waals surface area contributed by atoms with Crippen molar-refractivity contribution in [2.75, 3.05) is 40.5 Å². The Labute approximate surface area is 169 Å². The number of methoxy groups -OCH3 is 1. The van der Waals surface area contributed by atoms with Crippen LogP contribution in [0.1, 0.15) is 43.2 Å². The molecule has 2 saturated heterocycles. The largest absolute Gasteiger partial charge is 0.380 e. The van der Waals surface area contributed by atoms with E-state index in [4.69, 9.17) is 14.2 Å². The summed E-state index contributed by atoms with van der Waals surface area (Å²) in [6, 6.07) is 8.51. The molecule has 0 aromatic heterocycles. The van der Waals surface area contributed by atoms with E-state index < -0.39 is 0 Å². The van der Waals surface area contributed by atoms with Crippen LogP contribution in [0.25, 0.3) is 0 Å². The summed E-state index contributed by atoms with van der Waals surface area (Å²) in [4.78, 5) is 6.80. The lowest BCUT2D eigenvalue weighted by atomic mass is 10.1. The summed E-state index contributed by atoms with van der Waals surface area (Å²) in [5.74, 6) is 0.968. The van der Waals surface area contributed by atoms with Crippen molar-refractivity contribution in [3.8, 4) is 0 Å². The van der Waals surface area contributed by atoms with Gasteiger partial charge in [-0.1, -0.05) is 24.3 Å². The van der Waals surface area contributed by atoms with E-state index in [2.05, 4.69) is 39.5 Å². The minimum absolute atomic E-state index is 0.302. The Balaban J connectivity index is 1.38. The highest BCUT2D eigenvalue weighted by atomic mass is 16.5. The molecule has 2 heterocycles. The molecule has 1 aromatic carbocycles. The van der Waals surface area contributed by atoms with Crippen LogP contribution in [0.5, 0.6) is 0 Å².